The van der Waals surface area contributed by atoms with Crippen molar-refractivity contribution in [2.24, 2.45) is 11.8 Å². The number of aliphatic hydroxyl groups is 1. The molecule has 1 heterocycles. The highest BCUT2D eigenvalue weighted by molar-refractivity contribution is 5.66. The topological polar surface area (TPSA) is 76.0 Å². The van der Waals surface area contributed by atoms with E-state index in [2.05, 4.69) is 13.0 Å². The fraction of sp³-hybridized carbons (Fsp3) is 0.850. The zero-order chi connectivity index (χ0) is 18.1. The third-order valence-electron chi connectivity index (χ3n) is 5.51. The summed E-state index contributed by atoms with van der Waals surface area (Å²) in [7, 11) is 0. The maximum atomic E-state index is 10.5. The second kappa shape index (κ2) is 10.9. The molecule has 5 heteroatoms. The molecule has 2 rings (SSSR count). The summed E-state index contributed by atoms with van der Waals surface area (Å²) < 4.78 is 0. The lowest BCUT2D eigenvalue weighted by atomic mass is 9.87. The van der Waals surface area contributed by atoms with Crippen molar-refractivity contribution < 1.29 is 24.8 Å². The molecule has 5 nitrogen and oxygen atoms in total. The zero-order valence-corrected chi connectivity index (χ0v) is 15.4. The molecule has 1 saturated heterocycles. The van der Waals surface area contributed by atoms with Gasteiger partial charge in [0.1, 0.15) is 6.10 Å². The molecule has 0 aromatic heterocycles. The Morgan fingerprint density at radius 2 is 1.88 bits per heavy atom. The first-order valence-corrected chi connectivity index (χ1v) is 10.0. The van der Waals surface area contributed by atoms with Crippen LogP contribution in [0.4, 0.5) is 0 Å². The standard InChI is InChI=1S/C20H34O5/c1-2-3-6-9-15(21)12-13-17-16(18-14-19(17)25-24-18)10-7-4-5-8-11-20(22)23/h12-13,15-19,21H,2-11,14H2,1H3,(H,22,23)/b13-12+/t15?,16?,17?,18-,19-/m0/s1. The van der Waals surface area contributed by atoms with Gasteiger partial charge in [-0.3, -0.25) is 4.79 Å². The minimum atomic E-state index is -0.707. The molecule has 1 aliphatic heterocycles. The van der Waals surface area contributed by atoms with Gasteiger partial charge in [-0.1, -0.05) is 57.6 Å². The van der Waals surface area contributed by atoms with Crippen LogP contribution in [0, 0.1) is 11.8 Å². The lowest BCUT2D eigenvalue weighted by molar-refractivity contribution is -0.337. The van der Waals surface area contributed by atoms with E-state index >= 15 is 0 Å². The quantitative estimate of drug-likeness (QED) is 0.294. The molecule has 5 atom stereocenters. The van der Waals surface area contributed by atoms with Gasteiger partial charge in [-0.2, -0.15) is 0 Å². The minimum Gasteiger partial charge on any atom is -0.481 e. The number of aliphatic carboxylic acids is 1. The monoisotopic (exact) mass is 354 g/mol. The molecule has 1 aliphatic carbocycles. The second-order valence-electron chi connectivity index (χ2n) is 7.54. The molecule has 144 valence electrons. The summed E-state index contributed by atoms with van der Waals surface area (Å²) in [6.45, 7) is 2.17. The van der Waals surface area contributed by atoms with Crippen LogP contribution in [0.1, 0.15) is 77.6 Å². The molecule has 2 fully saturated rings. The van der Waals surface area contributed by atoms with E-state index in [0.29, 0.717) is 11.8 Å². The molecule has 2 N–H and O–H groups in total. The number of carboxylic acid groups (broad SMARTS) is 1. The summed E-state index contributed by atoms with van der Waals surface area (Å²) in [6.07, 6.45) is 14.5. The molecule has 0 spiro atoms. The Morgan fingerprint density at radius 1 is 1.12 bits per heavy atom. The number of fused-ring (bicyclic) bond motifs is 2. The van der Waals surface area contributed by atoms with Gasteiger partial charge in [0.2, 0.25) is 0 Å². The highest BCUT2D eigenvalue weighted by Crippen LogP contribution is 2.45. The largest absolute Gasteiger partial charge is 0.481 e. The smallest absolute Gasteiger partial charge is 0.303 e. The predicted molar refractivity (Wildman–Crippen MR) is 96.0 cm³/mol. The maximum absolute atomic E-state index is 10.5. The molecular formula is C20H34O5. The molecule has 2 aliphatic rings. The van der Waals surface area contributed by atoms with E-state index < -0.39 is 5.97 Å². The Bertz CT molecular complexity index is 422. The molecule has 0 radical (unpaired) electrons. The third kappa shape index (κ3) is 6.72. The lowest BCUT2D eigenvalue weighted by Crippen LogP contribution is -2.29. The summed E-state index contributed by atoms with van der Waals surface area (Å²) in [5.74, 6) is 0.0808. The summed E-state index contributed by atoms with van der Waals surface area (Å²) in [6, 6.07) is 0. The van der Waals surface area contributed by atoms with Crippen molar-refractivity contribution in [2.45, 2.75) is 95.9 Å². The lowest BCUT2D eigenvalue weighted by Gasteiger charge is -2.28. The first-order chi connectivity index (χ1) is 12.1. The summed E-state index contributed by atoms with van der Waals surface area (Å²) in [5.41, 5.74) is 0. The Balaban J connectivity index is 1.71. The Labute approximate surface area is 151 Å². The highest BCUT2D eigenvalue weighted by Gasteiger charge is 2.49. The molecule has 2 bridgehead atoms. The molecule has 0 aromatic carbocycles. The zero-order valence-electron chi connectivity index (χ0n) is 15.4. The Kier molecular flexibility index (Phi) is 8.93. The van der Waals surface area contributed by atoms with Gasteiger partial charge in [0.05, 0.1) is 12.2 Å². The minimum absolute atomic E-state index is 0.126. The number of carbonyl (C=O) groups is 1. The average Bonchev–Trinajstić information content (AvgIpc) is 3.17. The molecule has 1 saturated carbocycles. The van der Waals surface area contributed by atoms with E-state index in [4.69, 9.17) is 14.9 Å². The van der Waals surface area contributed by atoms with Crippen LogP contribution in [0.5, 0.6) is 0 Å². The van der Waals surface area contributed by atoms with Crippen LogP contribution < -0.4 is 0 Å². The van der Waals surface area contributed by atoms with Crippen LogP contribution in [0.3, 0.4) is 0 Å². The third-order valence-corrected chi connectivity index (χ3v) is 5.51. The van der Waals surface area contributed by atoms with E-state index in [9.17, 15) is 9.90 Å². The summed E-state index contributed by atoms with van der Waals surface area (Å²) >= 11 is 0. The number of hydrogen-bond donors (Lipinski definition) is 2. The average molecular weight is 354 g/mol. The van der Waals surface area contributed by atoms with Crippen molar-refractivity contribution >= 4 is 5.97 Å². The van der Waals surface area contributed by atoms with Crippen molar-refractivity contribution in [2.75, 3.05) is 0 Å². The van der Waals surface area contributed by atoms with Crippen molar-refractivity contribution in [3.05, 3.63) is 12.2 Å². The van der Waals surface area contributed by atoms with Gasteiger partial charge < -0.3 is 10.2 Å². The normalized spacial score (nSPS) is 29.5. The SMILES string of the molecule is CCCCCC(O)/C=C/C1C(CCCCCCC(=O)O)[C@@H]2C[C@@H]1OO2. The number of rotatable bonds is 13. The van der Waals surface area contributed by atoms with Crippen molar-refractivity contribution in [1.29, 1.82) is 0 Å². The number of unbranched alkanes of at least 4 members (excludes halogenated alkanes) is 5. The predicted octanol–water partition coefficient (Wildman–Crippen LogP) is 4.24. The molecule has 25 heavy (non-hydrogen) atoms. The van der Waals surface area contributed by atoms with Crippen molar-refractivity contribution in [3.8, 4) is 0 Å². The maximum Gasteiger partial charge on any atom is 0.303 e. The van der Waals surface area contributed by atoms with Crippen LogP contribution in [0.25, 0.3) is 0 Å². The molecule has 3 unspecified atom stereocenters. The Hall–Kier alpha value is -0.910. The van der Waals surface area contributed by atoms with Crippen LogP contribution in [0.2, 0.25) is 0 Å². The van der Waals surface area contributed by atoms with E-state index in [-0.39, 0.29) is 24.7 Å². The Morgan fingerprint density at radius 3 is 2.64 bits per heavy atom. The van der Waals surface area contributed by atoms with Gasteiger partial charge in [-0.25, -0.2) is 9.78 Å². The summed E-state index contributed by atoms with van der Waals surface area (Å²) in [5, 5.41) is 18.8. The number of hydrogen-bond acceptors (Lipinski definition) is 4. The first-order valence-electron chi connectivity index (χ1n) is 10.0. The molecular weight excluding hydrogens is 320 g/mol. The van der Waals surface area contributed by atoms with Crippen LogP contribution >= 0.6 is 0 Å². The number of carboxylic acids is 1. The van der Waals surface area contributed by atoms with Gasteiger partial charge in [-0.15, -0.1) is 0 Å². The molecule has 0 amide bonds. The fourth-order valence-electron chi connectivity index (χ4n) is 4.05. The van der Waals surface area contributed by atoms with Gasteiger partial charge in [0.15, 0.2) is 0 Å². The van der Waals surface area contributed by atoms with E-state index in [1.54, 1.807) is 0 Å². The van der Waals surface area contributed by atoms with Crippen LogP contribution in [-0.2, 0) is 14.6 Å². The van der Waals surface area contributed by atoms with E-state index in [0.717, 1.165) is 51.4 Å². The van der Waals surface area contributed by atoms with Gasteiger partial charge in [-0.05, 0) is 25.2 Å². The van der Waals surface area contributed by atoms with Crippen LogP contribution in [-0.4, -0.2) is 34.5 Å². The van der Waals surface area contributed by atoms with Crippen molar-refractivity contribution in [1.82, 2.24) is 0 Å². The van der Waals surface area contributed by atoms with Gasteiger partial charge >= 0.3 is 5.97 Å². The van der Waals surface area contributed by atoms with Crippen LogP contribution in [0.15, 0.2) is 12.2 Å². The fourth-order valence-corrected chi connectivity index (χ4v) is 4.05. The number of aliphatic hydroxyl groups excluding tert-OH is 1. The van der Waals surface area contributed by atoms with Gasteiger partial charge in [0.25, 0.3) is 0 Å². The highest BCUT2D eigenvalue weighted by atomic mass is 17.2. The van der Waals surface area contributed by atoms with E-state index in [1.165, 1.54) is 12.8 Å². The second-order valence-corrected chi connectivity index (χ2v) is 7.54. The summed E-state index contributed by atoms with van der Waals surface area (Å²) in [4.78, 5) is 21.3. The van der Waals surface area contributed by atoms with E-state index in [1.807, 2.05) is 6.08 Å². The van der Waals surface area contributed by atoms with Gasteiger partial charge in [0, 0.05) is 18.8 Å². The molecule has 0 aromatic rings. The van der Waals surface area contributed by atoms with Crippen molar-refractivity contribution in [3.63, 3.8) is 0 Å². The first kappa shape index (κ1) is 20.4.